The third kappa shape index (κ3) is 6.66. The number of benzene rings is 1. The smallest absolute Gasteiger partial charge is 0.315 e. The largest absolute Gasteiger partial charge is 0.487 e. The van der Waals surface area contributed by atoms with Crippen molar-refractivity contribution in [2.45, 2.75) is 30.6 Å². The Morgan fingerprint density at radius 3 is 2.89 bits per heavy atom. The topological polar surface area (TPSA) is 63.2 Å². The molecule has 0 bridgehead atoms. The Morgan fingerprint density at radius 2 is 2.11 bits per heavy atom. The minimum absolute atomic E-state index is 0.0985. The normalized spacial score (nSPS) is 15.3. The lowest BCUT2D eigenvalue weighted by atomic mass is 10.1. The molecule has 2 amide bonds. The van der Waals surface area contributed by atoms with Crippen LogP contribution in [0.5, 0.6) is 5.75 Å². The number of pyridine rings is 1. The number of aromatic nitrogens is 1. The van der Waals surface area contributed by atoms with Crippen molar-refractivity contribution in [3.05, 3.63) is 59.9 Å². The molecular formula is C20H25N3O2S2. The van der Waals surface area contributed by atoms with Crippen LogP contribution < -0.4 is 15.4 Å². The van der Waals surface area contributed by atoms with Gasteiger partial charge in [0.05, 0.1) is 16.3 Å². The number of nitrogens with zero attached hydrogens (tertiary/aromatic N) is 1. The Hall–Kier alpha value is -1.86. The molecule has 144 valence electrons. The van der Waals surface area contributed by atoms with E-state index < -0.39 is 0 Å². The third-order valence-electron chi connectivity index (χ3n) is 4.17. The SMILES string of the molecule is CC(NC(=O)NCCC1SCCS1)c1cccc(OCc2ccccn2)c1. The second kappa shape index (κ2) is 10.5. The molecule has 27 heavy (non-hydrogen) atoms. The number of nitrogens with one attached hydrogen (secondary N) is 2. The van der Waals surface area contributed by atoms with Crippen LogP contribution in [0.25, 0.3) is 0 Å². The molecule has 2 N–H and O–H groups in total. The fraction of sp³-hybridized carbons (Fsp3) is 0.400. The molecule has 0 aliphatic carbocycles. The average Bonchev–Trinajstić information content (AvgIpc) is 3.21. The Labute approximate surface area is 169 Å². The van der Waals surface area contributed by atoms with Gasteiger partial charge in [0, 0.05) is 24.2 Å². The zero-order chi connectivity index (χ0) is 18.9. The first-order chi connectivity index (χ1) is 13.2. The minimum Gasteiger partial charge on any atom is -0.487 e. The molecule has 1 unspecified atom stereocenters. The molecular weight excluding hydrogens is 378 g/mol. The molecule has 1 aromatic carbocycles. The molecule has 2 aromatic rings. The summed E-state index contributed by atoms with van der Waals surface area (Å²) in [6.07, 6.45) is 2.76. The number of urea groups is 1. The van der Waals surface area contributed by atoms with Crippen LogP contribution in [0.2, 0.25) is 0 Å². The zero-order valence-corrected chi connectivity index (χ0v) is 17.0. The minimum atomic E-state index is -0.129. The van der Waals surface area contributed by atoms with E-state index in [1.54, 1.807) is 6.20 Å². The molecule has 1 atom stereocenters. The van der Waals surface area contributed by atoms with E-state index in [1.165, 1.54) is 11.5 Å². The van der Waals surface area contributed by atoms with Gasteiger partial charge in [-0.25, -0.2) is 4.79 Å². The Balaban J connectivity index is 1.44. The van der Waals surface area contributed by atoms with Gasteiger partial charge in [0.25, 0.3) is 0 Å². The Bertz CT molecular complexity index is 724. The second-order valence-electron chi connectivity index (χ2n) is 6.26. The van der Waals surface area contributed by atoms with Gasteiger partial charge in [-0.15, -0.1) is 23.5 Å². The third-order valence-corrected chi connectivity index (χ3v) is 7.34. The molecule has 3 rings (SSSR count). The number of hydrogen-bond donors (Lipinski definition) is 2. The summed E-state index contributed by atoms with van der Waals surface area (Å²) in [4.78, 5) is 16.4. The van der Waals surface area contributed by atoms with E-state index in [0.717, 1.165) is 23.4 Å². The van der Waals surface area contributed by atoms with Crippen molar-refractivity contribution < 1.29 is 9.53 Å². The van der Waals surface area contributed by atoms with Crippen molar-refractivity contribution in [3.8, 4) is 5.75 Å². The van der Waals surface area contributed by atoms with Crippen molar-refractivity contribution in [1.29, 1.82) is 0 Å². The first-order valence-electron chi connectivity index (χ1n) is 9.11. The first kappa shape index (κ1) is 19.9. The molecule has 1 saturated heterocycles. The van der Waals surface area contributed by atoms with Gasteiger partial charge in [-0.1, -0.05) is 18.2 Å². The van der Waals surface area contributed by atoms with Crippen molar-refractivity contribution in [3.63, 3.8) is 0 Å². The monoisotopic (exact) mass is 403 g/mol. The van der Waals surface area contributed by atoms with Gasteiger partial charge in [-0.2, -0.15) is 0 Å². The van der Waals surface area contributed by atoms with E-state index in [-0.39, 0.29) is 12.1 Å². The molecule has 1 aliphatic heterocycles. The fourth-order valence-corrected chi connectivity index (χ4v) is 5.55. The van der Waals surface area contributed by atoms with Gasteiger partial charge < -0.3 is 15.4 Å². The lowest BCUT2D eigenvalue weighted by molar-refractivity contribution is 0.238. The van der Waals surface area contributed by atoms with Gasteiger partial charge in [0.1, 0.15) is 12.4 Å². The predicted molar refractivity (Wildman–Crippen MR) is 113 cm³/mol. The maximum absolute atomic E-state index is 12.1. The number of carbonyl (C=O) groups is 1. The summed E-state index contributed by atoms with van der Waals surface area (Å²) < 4.78 is 6.44. The van der Waals surface area contributed by atoms with E-state index >= 15 is 0 Å². The second-order valence-corrected chi connectivity index (χ2v) is 9.18. The molecule has 5 nitrogen and oxygen atoms in total. The highest BCUT2D eigenvalue weighted by molar-refractivity contribution is 8.20. The molecule has 7 heteroatoms. The van der Waals surface area contributed by atoms with E-state index in [0.29, 0.717) is 17.7 Å². The summed E-state index contributed by atoms with van der Waals surface area (Å²) in [6, 6.07) is 13.3. The fourth-order valence-electron chi connectivity index (χ4n) is 2.72. The van der Waals surface area contributed by atoms with E-state index in [9.17, 15) is 4.79 Å². The van der Waals surface area contributed by atoms with Gasteiger partial charge in [-0.05, 0) is 43.2 Å². The summed E-state index contributed by atoms with van der Waals surface area (Å²) in [6.45, 7) is 3.10. The standard InChI is InChI=1S/C20H25N3O2S2/c1-15(23-20(24)22-10-8-19-26-11-12-27-19)16-5-4-7-18(13-16)25-14-17-6-2-3-9-21-17/h2-7,9,13,15,19H,8,10-12,14H2,1H3,(H2,22,23,24). The van der Waals surface area contributed by atoms with E-state index in [4.69, 9.17) is 4.74 Å². The van der Waals surface area contributed by atoms with E-state index in [1.807, 2.05) is 72.9 Å². The van der Waals surface area contributed by atoms with Gasteiger partial charge in [-0.3, -0.25) is 4.98 Å². The van der Waals surface area contributed by atoms with Crippen molar-refractivity contribution in [2.75, 3.05) is 18.1 Å². The van der Waals surface area contributed by atoms with Crippen molar-refractivity contribution >= 4 is 29.6 Å². The van der Waals surface area contributed by atoms with Crippen molar-refractivity contribution in [1.82, 2.24) is 15.6 Å². The predicted octanol–water partition coefficient (Wildman–Crippen LogP) is 4.22. The van der Waals surface area contributed by atoms with Crippen LogP contribution in [-0.4, -0.2) is 33.6 Å². The first-order valence-corrected chi connectivity index (χ1v) is 11.2. The van der Waals surface area contributed by atoms with Crippen LogP contribution >= 0.6 is 23.5 Å². The van der Waals surface area contributed by atoms with E-state index in [2.05, 4.69) is 15.6 Å². The lowest BCUT2D eigenvalue weighted by Gasteiger charge is -2.17. The van der Waals surface area contributed by atoms with Crippen LogP contribution in [0.3, 0.4) is 0 Å². The maximum Gasteiger partial charge on any atom is 0.315 e. The Morgan fingerprint density at radius 1 is 1.26 bits per heavy atom. The maximum atomic E-state index is 12.1. The molecule has 2 heterocycles. The molecule has 1 aromatic heterocycles. The molecule has 0 radical (unpaired) electrons. The van der Waals surface area contributed by atoms with Gasteiger partial charge in [0.2, 0.25) is 0 Å². The highest BCUT2D eigenvalue weighted by Crippen LogP contribution is 2.33. The molecule has 1 aliphatic rings. The number of amides is 2. The zero-order valence-electron chi connectivity index (χ0n) is 15.4. The number of carbonyl (C=O) groups excluding carboxylic acids is 1. The summed E-state index contributed by atoms with van der Waals surface area (Å²) in [5.41, 5.74) is 1.89. The van der Waals surface area contributed by atoms with Crippen LogP contribution in [0.1, 0.15) is 30.6 Å². The number of rotatable bonds is 8. The summed E-state index contributed by atoms with van der Waals surface area (Å²) in [5.74, 6) is 3.21. The number of thioether (sulfide) groups is 2. The van der Waals surface area contributed by atoms with Crippen LogP contribution in [-0.2, 0) is 6.61 Å². The number of hydrogen-bond acceptors (Lipinski definition) is 5. The average molecular weight is 404 g/mol. The lowest BCUT2D eigenvalue weighted by Crippen LogP contribution is -2.37. The molecule has 1 fully saturated rings. The van der Waals surface area contributed by atoms with Crippen LogP contribution in [0.4, 0.5) is 4.79 Å². The summed E-state index contributed by atoms with van der Waals surface area (Å²) >= 11 is 3.96. The number of ether oxygens (including phenoxy) is 1. The molecule has 0 saturated carbocycles. The van der Waals surface area contributed by atoms with Crippen LogP contribution in [0, 0.1) is 0 Å². The molecule has 0 spiro atoms. The highest BCUT2D eigenvalue weighted by Gasteiger charge is 2.16. The van der Waals surface area contributed by atoms with Crippen molar-refractivity contribution in [2.24, 2.45) is 0 Å². The highest BCUT2D eigenvalue weighted by atomic mass is 32.2. The van der Waals surface area contributed by atoms with Crippen LogP contribution in [0.15, 0.2) is 48.7 Å². The quantitative estimate of drug-likeness (QED) is 0.691. The van der Waals surface area contributed by atoms with Gasteiger partial charge in [0.15, 0.2) is 0 Å². The Kier molecular flexibility index (Phi) is 7.71. The summed E-state index contributed by atoms with van der Waals surface area (Å²) in [7, 11) is 0. The summed E-state index contributed by atoms with van der Waals surface area (Å²) in [5, 5.41) is 5.95. The van der Waals surface area contributed by atoms with Gasteiger partial charge >= 0.3 is 6.03 Å².